The second-order valence-corrected chi connectivity index (χ2v) is 5.23. The fourth-order valence-corrected chi connectivity index (χ4v) is 2.61. The first-order valence-corrected chi connectivity index (χ1v) is 6.35. The maximum absolute atomic E-state index is 11.5. The van der Waals surface area contributed by atoms with Crippen LogP contribution in [0.5, 0.6) is 0 Å². The highest BCUT2D eigenvalue weighted by atomic mass is 79.9. The second-order valence-electron chi connectivity index (χ2n) is 3.18. The van der Waals surface area contributed by atoms with Crippen molar-refractivity contribution < 1.29 is 9.84 Å². The van der Waals surface area contributed by atoms with Gasteiger partial charge in [0.05, 0.1) is 11.1 Å². The molecule has 0 saturated carbocycles. The van der Waals surface area contributed by atoms with E-state index >= 15 is 0 Å². The second kappa shape index (κ2) is 4.74. The van der Waals surface area contributed by atoms with Gasteiger partial charge in [0.25, 0.3) is 5.56 Å². The Balaban J connectivity index is 2.32. The quantitative estimate of drug-likeness (QED) is 0.796. The number of aromatic amines is 1. The van der Waals surface area contributed by atoms with Crippen LogP contribution in [0.2, 0.25) is 0 Å². The summed E-state index contributed by atoms with van der Waals surface area (Å²) >= 11 is 4.47. The third-order valence-electron chi connectivity index (χ3n) is 2.12. The van der Waals surface area contributed by atoms with Crippen LogP contribution in [0.15, 0.2) is 20.3 Å². The Hall–Kier alpha value is -0.570. The van der Waals surface area contributed by atoms with Crippen molar-refractivity contribution in [1.29, 1.82) is 0 Å². The van der Waals surface area contributed by atoms with Gasteiger partial charge in [-0.2, -0.15) is 0 Å². The molecule has 1 aromatic rings. The molecule has 88 valence electrons. The fraction of sp³-hybridized carbons (Fsp3) is 0.500. The summed E-state index contributed by atoms with van der Waals surface area (Å²) in [7, 11) is 0. The predicted molar refractivity (Wildman–Crippen MR) is 62.5 cm³/mol. The molecule has 1 saturated heterocycles. The van der Waals surface area contributed by atoms with Gasteiger partial charge >= 0.3 is 5.69 Å². The Morgan fingerprint density at radius 3 is 3.06 bits per heavy atom. The summed E-state index contributed by atoms with van der Waals surface area (Å²) in [6.45, 7) is -0.0968. The molecule has 0 unspecified atom stereocenters. The highest BCUT2D eigenvalue weighted by Gasteiger charge is 2.27. The Kier molecular flexibility index (Phi) is 3.53. The van der Waals surface area contributed by atoms with E-state index in [1.807, 2.05) is 0 Å². The number of thioether (sulfide) groups is 1. The molecule has 0 spiro atoms. The number of aliphatic hydroxyl groups excluding tert-OH is 1. The van der Waals surface area contributed by atoms with Crippen molar-refractivity contribution in [2.75, 3.05) is 12.4 Å². The van der Waals surface area contributed by atoms with Crippen LogP contribution < -0.4 is 11.2 Å². The predicted octanol–water partition coefficient (Wildman–Crippen LogP) is -0.121. The summed E-state index contributed by atoms with van der Waals surface area (Å²) < 4.78 is 6.98. The number of aromatic nitrogens is 2. The molecule has 16 heavy (non-hydrogen) atoms. The van der Waals surface area contributed by atoms with E-state index in [1.54, 1.807) is 0 Å². The van der Waals surface area contributed by atoms with Crippen molar-refractivity contribution in [3.8, 4) is 0 Å². The standard InChI is InChI=1S/C8H9BrN2O4S/c9-4-1-11(8(14)10-7(4)13)5-3-16-6(2-12)15-5/h1,5-6,12H,2-3H2,(H,10,13,14)/t5-,6+/m1/s1. The number of hydrogen-bond donors (Lipinski definition) is 2. The van der Waals surface area contributed by atoms with E-state index in [-0.39, 0.29) is 16.5 Å². The van der Waals surface area contributed by atoms with Crippen LogP contribution in [0, 0.1) is 0 Å². The number of ether oxygens (including phenoxy) is 1. The Bertz CT molecular complexity index is 500. The lowest BCUT2D eigenvalue weighted by Gasteiger charge is -2.13. The number of H-pyrrole nitrogens is 1. The van der Waals surface area contributed by atoms with E-state index in [1.165, 1.54) is 22.5 Å². The van der Waals surface area contributed by atoms with Gasteiger partial charge in [0, 0.05) is 11.9 Å². The van der Waals surface area contributed by atoms with E-state index in [2.05, 4.69) is 20.9 Å². The maximum atomic E-state index is 11.5. The van der Waals surface area contributed by atoms with Crippen LogP contribution in [0.25, 0.3) is 0 Å². The van der Waals surface area contributed by atoms with Gasteiger partial charge < -0.3 is 9.84 Å². The van der Waals surface area contributed by atoms with Gasteiger partial charge in [0.15, 0.2) is 0 Å². The molecule has 1 aliphatic rings. The molecule has 2 atom stereocenters. The number of nitrogens with zero attached hydrogens (tertiary/aromatic N) is 1. The van der Waals surface area contributed by atoms with Gasteiger partial charge in [-0.05, 0) is 15.9 Å². The number of nitrogens with one attached hydrogen (secondary N) is 1. The number of hydrogen-bond acceptors (Lipinski definition) is 5. The summed E-state index contributed by atoms with van der Waals surface area (Å²) in [6.07, 6.45) is 0.939. The van der Waals surface area contributed by atoms with Gasteiger partial charge in [-0.25, -0.2) is 4.79 Å². The monoisotopic (exact) mass is 308 g/mol. The highest BCUT2D eigenvalue weighted by Crippen LogP contribution is 2.30. The average molecular weight is 309 g/mol. The maximum Gasteiger partial charge on any atom is 0.330 e. The number of aliphatic hydroxyl groups is 1. The van der Waals surface area contributed by atoms with E-state index in [0.717, 1.165) is 0 Å². The van der Waals surface area contributed by atoms with Gasteiger partial charge in [-0.1, -0.05) is 0 Å². The van der Waals surface area contributed by atoms with Crippen LogP contribution in [-0.4, -0.2) is 32.5 Å². The Morgan fingerprint density at radius 2 is 2.44 bits per heavy atom. The summed E-state index contributed by atoms with van der Waals surface area (Å²) in [4.78, 5) is 24.8. The third-order valence-corrected chi connectivity index (χ3v) is 3.79. The fourth-order valence-electron chi connectivity index (χ4n) is 1.36. The lowest BCUT2D eigenvalue weighted by Crippen LogP contribution is -2.33. The number of rotatable bonds is 2. The molecule has 1 aliphatic heterocycles. The Morgan fingerprint density at radius 1 is 1.69 bits per heavy atom. The summed E-state index contributed by atoms with van der Waals surface area (Å²) in [5, 5.41) is 8.90. The summed E-state index contributed by atoms with van der Waals surface area (Å²) in [5.74, 6) is 0.559. The van der Waals surface area contributed by atoms with Crippen molar-refractivity contribution in [2.24, 2.45) is 0 Å². The van der Waals surface area contributed by atoms with E-state index in [0.29, 0.717) is 5.75 Å². The van der Waals surface area contributed by atoms with Crippen LogP contribution >= 0.6 is 27.7 Å². The molecule has 2 N–H and O–H groups in total. The zero-order chi connectivity index (χ0) is 11.7. The first-order valence-electron chi connectivity index (χ1n) is 4.50. The lowest BCUT2D eigenvalue weighted by molar-refractivity contribution is -0.00651. The molecular weight excluding hydrogens is 300 g/mol. The first-order chi connectivity index (χ1) is 7.61. The van der Waals surface area contributed by atoms with Gasteiger partial charge in [0.1, 0.15) is 11.7 Å². The minimum absolute atomic E-state index is 0.0968. The van der Waals surface area contributed by atoms with Crippen LogP contribution in [0.3, 0.4) is 0 Å². The Labute approximate surface area is 103 Å². The van der Waals surface area contributed by atoms with E-state index < -0.39 is 17.5 Å². The smallest absolute Gasteiger partial charge is 0.330 e. The van der Waals surface area contributed by atoms with Crippen LogP contribution in [0.1, 0.15) is 6.23 Å². The van der Waals surface area contributed by atoms with Gasteiger partial charge in [-0.3, -0.25) is 14.3 Å². The van der Waals surface area contributed by atoms with Crippen LogP contribution in [-0.2, 0) is 4.74 Å². The number of halogens is 1. The summed E-state index contributed by atoms with van der Waals surface area (Å²) in [5.41, 5.74) is -1.30. The van der Waals surface area contributed by atoms with Gasteiger partial charge in [-0.15, -0.1) is 11.8 Å². The van der Waals surface area contributed by atoms with Crippen molar-refractivity contribution >= 4 is 27.7 Å². The average Bonchev–Trinajstić information content (AvgIpc) is 2.71. The molecule has 2 rings (SSSR count). The third kappa shape index (κ3) is 2.24. The van der Waals surface area contributed by atoms with E-state index in [9.17, 15) is 9.59 Å². The SMILES string of the molecule is O=c1[nH]c(=O)n([C@H]2CS[C@@H](CO)O2)cc1Br. The molecule has 0 amide bonds. The zero-order valence-corrected chi connectivity index (χ0v) is 10.5. The van der Waals surface area contributed by atoms with Crippen molar-refractivity contribution in [1.82, 2.24) is 9.55 Å². The molecule has 0 aliphatic carbocycles. The summed E-state index contributed by atoms with van der Waals surface area (Å²) in [6, 6.07) is 0. The zero-order valence-electron chi connectivity index (χ0n) is 8.05. The minimum Gasteiger partial charge on any atom is -0.393 e. The largest absolute Gasteiger partial charge is 0.393 e. The minimum atomic E-state index is -0.516. The molecule has 1 fully saturated rings. The molecule has 0 radical (unpaired) electrons. The van der Waals surface area contributed by atoms with Gasteiger partial charge in [0.2, 0.25) is 0 Å². The topological polar surface area (TPSA) is 84.3 Å². The highest BCUT2D eigenvalue weighted by molar-refractivity contribution is 9.10. The van der Waals surface area contributed by atoms with Crippen LogP contribution in [0.4, 0.5) is 0 Å². The lowest BCUT2D eigenvalue weighted by atomic mass is 10.5. The first kappa shape index (κ1) is 11.9. The van der Waals surface area contributed by atoms with E-state index in [4.69, 9.17) is 9.84 Å². The van der Waals surface area contributed by atoms with Crippen molar-refractivity contribution in [2.45, 2.75) is 11.7 Å². The molecular formula is C8H9BrN2O4S. The normalized spacial score (nSPS) is 24.9. The molecule has 1 aromatic heterocycles. The molecule has 8 heteroatoms. The molecule has 0 bridgehead atoms. The van der Waals surface area contributed by atoms with Crippen molar-refractivity contribution in [3.63, 3.8) is 0 Å². The molecule has 0 aromatic carbocycles. The molecule has 2 heterocycles. The molecule has 6 nitrogen and oxygen atoms in total. The van der Waals surface area contributed by atoms with Crippen molar-refractivity contribution in [3.05, 3.63) is 31.5 Å².